The van der Waals surface area contributed by atoms with Crippen LogP contribution in [0.2, 0.25) is 0 Å². The number of carbonyl (C=O) groups excluding carboxylic acids is 1. The lowest BCUT2D eigenvalue weighted by atomic mass is 10.1. The molecule has 0 atom stereocenters. The van der Waals surface area contributed by atoms with Crippen molar-refractivity contribution < 1.29 is 9.53 Å². The van der Waals surface area contributed by atoms with Crippen LogP contribution in [0.25, 0.3) is 0 Å². The number of Topliss-reactive ketones (excluding diaryl/α,β-unsaturated/α-hetero) is 1. The second-order valence-corrected chi connectivity index (χ2v) is 4.49. The number of hydrogen-bond acceptors (Lipinski definition) is 2. The number of carbonyl (C=O) groups is 1. The van der Waals surface area contributed by atoms with Gasteiger partial charge >= 0.3 is 0 Å². The number of ketones is 1. The summed E-state index contributed by atoms with van der Waals surface area (Å²) in [5.41, 5.74) is 0.671. The van der Waals surface area contributed by atoms with Gasteiger partial charge in [0.2, 0.25) is 0 Å². The zero-order valence-corrected chi connectivity index (χ0v) is 11.0. The molecule has 1 aromatic carbocycles. The molecule has 0 amide bonds. The molecule has 1 aromatic rings. The van der Waals surface area contributed by atoms with Crippen LogP contribution in [0.15, 0.2) is 16.6 Å². The van der Waals surface area contributed by atoms with E-state index in [0.29, 0.717) is 11.3 Å². The van der Waals surface area contributed by atoms with Gasteiger partial charge in [-0.3, -0.25) is 4.79 Å². The fraction of sp³-hybridized carbons (Fsp3) is 0.222. The summed E-state index contributed by atoms with van der Waals surface area (Å²) in [6.07, 6.45) is 0. The molecule has 70 valence electrons. The van der Waals surface area contributed by atoms with E-state index in [-0.39, 0.29) is 5.78 Å². The highest BCUT2D eigenvalue weighted by atomic mass is 127. The molecule has 1 rings (SSSR count). The van der Waals surface area contributed by atoms with E-state index in [2.05, 4.69) is 38.5 Å². The van der Waals surface area contributed by atoms with E-state index in [4.69, 9.17) is 4.74 Å². The fourth-order valence-electron chi connectivity index (χ4n) is 0.916. The lowest BCUT2D eigenvalue weighted by Crippen LogP contribution is -1.95. The Hall–Kier alpha value is -0.100. The molecule has 0 heterocycles. The second-order valence-electron chi connectivity index (χ2n) is 2.53. The molecule has 0 saturated carbocycles. The van der Waals surface area contributed by atoms with E-state index in [9.17, 15) is 4.79 Å². The maximum Gasteiger partial charge on any atom is 0.159 e. The van der Waals surface area contributed by atoms with Crippen LogP contribution in [-0.4, -0.2) is 12.9 Å². The standard InChI is InChI=1S/C9H8BrIO2/c1-5(12)6-3-7(11)9(10)8(4-6)13-2/h3-4H,1-2H3. The van der Waals surface area contributed by atoms with Crippen LogP contribution >= 0.6 is 38.5 Å². The molecule has 13 heavy (non-hydrogen) atoms. The van der Waals surface area contributed by atoms with E-state index < -0.39 is 0 Å². The van der Waals surface area contributed by atoms with Crippen molar-refractivity contribution in [2.75, 3.05) is 7.11 Å². The van der Waals surface area contributed by atoms with Crippen LogP contribution in [0.3, 0.4) is 0 Å². The van der Waals surface area contributed by atoms with E-state index >= 15 is 0 Å². The van der Waals surface area contributed by atoms with Gasteiger partial charge in [0.15, 0.2) is 5.78 Å². The molecule has 2 nitrogen and oxygen atoms in total. The third-order valence-corrected chi connectivity index (χ3v) is 4.03. The number of halogens is 2. The van der Waals surface area contributed by atoms with Crippen molar-refractivity contribution in [3.63, 3.8) is 0 Å². The summed E-state index contributed by atoms with van der Waals surface area (Å²) < 4.78 is 6.98. The smallest absolute Gasteiger partial charge is 0.159 e. The van der Waals surface area contributed by atoms with Gasteiger partial charge in [-0.1, -0.05) is 0 Å². The normalized spacial score (nSPS) is 9.85. The molecule has 0 radical (unpaired) electrons. The molecule has 0 aliphatic rings. The Bertz CT molecular complexity index is 350. The first-order valence-electron chi connectivity index (χ1n) is 3.60. The van der Waals surface area contributed by atoms with Gasteiger partial charge in [0, 0.05) is 9.13 Å². The molecule has 0 unspecified atom stereocenters. The van der Waals surface area contributed by atoms with Crippen LogP contribution in [0.5, 0.6) is 5.75 Å². The first-order valence-corrected chi connectivity index (χ1v) is 5.47. The first-order chi connectivity index (χ1) is 6.06. The Morgan fingerprint density at radius 1 is 1.54 bits per heavy atom. The second kappa shape index (κ2) is 4.41. The quantitative estimate of drug-likeness (QED) is 0.602. The summed E-state index contributed by atoms with van der Waals surface area (Å²) in [5.74, 6) is 0.737. The summed E-state index contributed by atoms with van der Waals surface area (Å²) in [6, 6.07) is 3.56. The number of methoxy groups -OCH3 is 1. The highest BCUT2D eigenvalue weighted by Gasteiger charge is 2.09. The minimum atomic E-state index is 0.0451. The maximum absolute atomic E-state index is 11.1. The molecule has 0 N–H and O–H groups in total. The van der Waals surface area contributed by atoms with Gasteiger partial charge < -0.3 is 4.74 Å². The molecule has 4 heteroatoms. The minimum Gasteiger partial charge on any atom is -0.496 e. The minimum absolute atomic E-state index is 0.0451. The third kappa shape index (κ3) is 2.43. The summed E-state index contributed by atoms with van der Waals surface area (Å²) >= 11 is 5.53. The van der Waals surface area contributed by atoms with Gasteiger partial charge in [0.1, 0.15) is 5.75 Å². The lowest BCUT2D eigenvalue weighted by Gasteiger charge is -2.06. The molecule has 0 spiro atoms. The largest absolute Gasteiger partial charge is 0.496 e. The van der Waals surface area contributed by atoms with Gasteiger partial charge in [0.25, 0.3) is 0 Å². The summed E-state index contributed by atoms with van der Waals surface area (Å²) in [5, 5.41) is 0. The number of benzene rings is 1. The van der Waals surface area contributed by atoms with Crippen molar-refractivity contribution in [3.05, 3.63) is 25.7 Å². The SMILES string of the molecule is COc1cc(C(C)=O)cc(I)c1Br. The summed E-state index contributed by atoms with van der Waals surface area (Å²) in [4.78, 5) is 11.1. The van der Waals surface area contributed by atoms with Gasteiger partial charge in [-0.25, -0.2) is 0 Å². The third-order valence-electron chi connectivity index (χ3n) is 1.62. The van der Waals surface area contributed by atoms with Crippen molar-refractivity contribution in [3.8, 4) is 5.75 Å². The molecule has 0 saturated heterocycles. The molecular weight excluding hydrogens is 347 g/mol. The fourth-order valence-corrected chi connectivity index (χ4v) is 1.91. The molecule has 0 aliphatic heterocycles. The van der Waals surface area contributed by atoms with Crippen molar-refractivity contribution in [2.24, 2.45) is 0 Å². The van der Waals surface area contributed by atoms with Gasteiger partial charge in [-0.05, 0) is 57.6 Å². The Kier molecular flexibility index (Phi) is 3.73. The van der Waals surface area contributed by atoms with Gasteiger partial charge in [-0.15, -0.1) is 0 Å². The van der Waals surface area contributed by atoms with E-state index in [1.54, 1.807) is 20.1 Å². The van der Waals surface area contributed by atoms with Crippen molar-refractivity contribution >= 4 is 44.3 Å². The summed E-state index contributed by atoms with van der Waals surface area (Å²) in [6.45, 7) is 1.54. The monoisotopic (exact) mass is 354 g/mol. The van der Waals surface area contributed by atoms with Gasteiger partial charge in [-0.2, -0.15) is 0 Å². The van der Waals surface area contributed by atoms with Crippen LogP contribution in [-0.2, 0) is 0 Å². The first kappa shape index (κ1) is 11.0. The predicted octanol–water partition coefficient (Wildman–Crippen LogP) is 3.26. The molecule has 0 fully saturated rings. The number of rotatable bonds is 2. The molecule has 0 bridgehead atoms. The Labute approximate surface area is 98.9 Å². The van der Waals surface area contributed by atoms with Crippen molar-refractivity contribution in [1.82, 2.24) is 0 Å². The Morgan fingerprint density at radius 2 is 2.15 bits per heavy atom. The van der Waals surface area contributed by atoms with E-state index in [1.165, 1.54) is 0 Å². The Balaban J connectivity index is 3.30. The van der Waals surface area contributed by atoms with Crippen LogP contribution < -0.4 is 4.74 Å². The average molecular weight is 355 g/mol. The maximum atomic E-state index is 11.1. The molecule has 0 aliphatic carbocycles. The average Bonchev–Trinajstić information content (AvgIpc) is 2.09. The van der Waals surface area contributed by atoms with Crippen LogP contribution in [0.4, 0.5) is 0 Å². The van der Waals surface area contributed by atoms with Crippen LogP contribution in [0.1, 0.15) is 17.3 Å². The Morgan fingerprint density at radius 3 is 2.62 bits per heavy atom. The van der Waals surface area contributed by atoms with Gasteiger partial charge in [0.05, 0.1) is 11.6 Å². The topological polar surface area (TPSA) is 26.3 Å². The van der Waals surface area contributed by atoms with E-state index in [1.807, 2.05) is 6.07 Å². The van der Waals surface area contributed by atoms with Crippen molar-refractivity contribution in [2.45, 2.75) is 6.92 Å². The van der Waals surface area contributed by atoms with Crippen LogP contribution in [0, 0.1) is 3.57 Å². The van der Waals surface area contributed by atoms with Crippen molar-refractivity contribution in [1.29, 1.82) is 0 Å². The molecular formula is C9H8BrIO2. The predicted molar refractivity (Wildman–Crippen MR) is 63.4 cm³/mol. The molecule has 0 aromatic heterocycles. The zero-order valence-electron chi connectivity index (χ0n) is 7.23. The highest BCUT2D eigenvalue weighted by molar-refractivity contribution is 14.1. The lowest BCUT2D eigenvalue weighted by molar-refractivity contribution is 0.101. The highest BCUT2D eigenvalue weighted by Crippen LogP contribution is 2.31. The van der Waals surface area contributed by atoms with E-state index in [0.717, 1.165) is 8.04 Å². The zero-order chi connectivity index (χ0) is 10.0. The number of hydrogen-bond donors (Lipinski definition) is 0. The summed E-state index contributed by atoms with van der Waals surface area (Å²) in [7, 11) is 1.58. The number of ether oxygens (including phenoxy) is 1.